The molecule has 1 amide bonds. The first kappa shape index (κ1) is 19.7. The molecule has 2 aromatic rings. The number of hydrogen-bond acceptors (Lipinski definition) is 3. The molecule has 0 bridgehead atoms. The summed E-state index contributed by atoms with van der Waals surface area (Å²) in [4.78, 5) is 16.7. The third-order valence-corrected chi connectivity index (χ3v) is 5.16. The summed E-state index contributed by atoms with van der Waals surface area (Å²) < 4.78 is 33.6. The Morgan fingerprint density at radius 2 is 2.11 bits per heavy atom. The molecule has 0 aromatic carbocycles. The zero-order valence-corrected chi connectivity index (χ0v) is 15.9. The van der Waals surface area contributed by atoms with Crippen LogP contribution in [0, 0.1) is 6.92 Å². The minimum absolute atomic E-state index is 0.0813. The Morgan fingerprint density at radius 1 is 1.37 bits per heavy atom. The molecule has 3 rings (SSSR count). The molecular formula is C20H27F2N3O2. The fourth-order valence-electron chi connectivity index (χ4n) is 3.58. The summed E-state index contributed by atoms with van der Waals surface area (Å²) in [6.07, 6.45) is 5.09. The molecule has 0 atom stereocenters. The van der Waals surface area contributed by atoms with Crippen molar-refractivity contribution in [3.8, 4) is 0 Å². The van der Waals surface area contributed by atoms with Gasteiger partial charge in [0, 0.05) is 24.5 Å². The van der Waals surface area contributed by atoms with Gasteiger partial charge < -0.3 is 14.5 Å². The Balaban J connectivity index is 1.64. The van der Waals surface area contributed by atoms with Crippen LogP contribution < -0.4 is 5.32 Å². The van der Waals surface area contributed by atoms with Crippen molar-refractivity contribution in [1.29, 1.82) is 0 Å². The van der Waals surface area contributed by atoms with Gasteiger partial charge in [-0.25, -0.2) is 13.8 Å². The Labute approximate surface area is 158 Å². The second-order valence-corrected chi connectivity index (χ2v) is 7.22. The molecule has 0 aliphatic heterocycles. The van der Waals surface area contributed by atoms with Gasteiger partial charge in [0.2, 0.25) is 0 Å². The Bertz CT molecular complexity index is 783. The van der Waals surface area contributed by atoms with E-state index in [4.69, 9.17) is 4.74 Å². The van der Waals surface area contributed by atoms with Gasteiger partial charge in [0.25, 0.3) is 12.3 Å². The van der Waals surface area contributed by atoms with Crippen LogP contribution in [0.15, 0.2) is 18.3 Å². The topological polar surface area (TPSA) is 55.6 Å². The van der Waals surface area contributed by atoms with E-state index >= 15 is 0 Å². The van der Waals surface area contributed by atoms with Crippen LogP contribution in [0.1, 0.15) is 73.6 Å². The summed E-state index contributed by atoms with van der Waals surface area (Å²) in [6, 6.07) is 3.07. The molecule has 148 valence electrons. The van der Waals surface area contributed by atoms with E-state index in [1.165, 1.54) is 6.07 Å². The Hall–Kier alpha value is -2.02. The highest BCUT2D eigenvalue weighted by molar-refractivity contribution is 6.00. The number of amides is 1. The highest BCUT2D eigenvalue weighted by Crippen LogP contribution is 2.24. The second kappa shape index (κ2) is 8.78. The fourth-order valence-corrected chi connectivity index (χ4v) is 3.58. The largest absolute Gasteiger partial charge is 0.378 e. The monoisotopic (exact) mass is 379 g/mol. The normalized spacial score (nSPS) is 20.3. The predicted molar refractivity (Wildman–Crippen MR) is 99.3 cm³/mol. The van der Waals surface area contributed by atoms with E-state index in [1.54, 1.807) is 23.6 Å². The molecule has 27 heavy (non-hydrogen) atoms. The zero-order chi connectivity index (χ0) is 19.4. The van der Waals surface area contributed by atoms with E-state index in [2.05, 4.69) is 17.2 Å². The first-order valence-electron chi connectivity index (χ1n) is 9.68. The van der Waals surface area contributed by atoms with Gasteiger partial charge >= 0.3 is 0 Å². The number of fused-ring (bicyclic) bond motifs is 1. The number of carbonyl (C=O) groups excluding carboxylic acids is 1. The molecule has 1 aliphatic rings. The van der Waals surface area contributed by atoms with Gasteiger partial charge in [-0.1, -0.05) is 13.3 Å². The standard InChI is InChI=1S/C20H27F2N3O2/c1-3-4-11-27-15-7-5-14(6-8-15)23-20(26)16-9-10-25-13(2)12-17(18(21)22)24-19(16)25/h9-10,12,14-15,18H,3-8,11H2,1-2H3,(H,23,26). The SMILES string of the molecule is CCCCOC1CCC(NC(=O)c2ccn3c(C)cc(C(F)F)nc23)CC1. The second-order valence-electron chi connectivity index (χ2n) is 7.22. The molecule has 0 saturated heterocycles. The molecule has 5 nitrogen and oxygen atoms in total. The number of hydrogen-bond donors (Lipinski definition) is 1. The van der Waals surface area contributed by atoms with Gasteiger partial charge in [-0.3, -0.25) is 4.79 Å². The van der Waals surface area contributed by atoms with Crippen LogP contribution in [-0.2, 0) is 4.74 Å². The van der Waals surface area contributed by atoms with E-state index in [1.807, 2.05) is 0 Å². The van der Waals surface area contributed by atoms with Crippen LogP contribution in [0.3, 0.4) is 0 Å². The molecule has 1 aliphatic carbocycles. The van der Waals surface area contributed by atoms with E-state index in [0.717, 1.165) is 45.1 Å². The van der Waals surface area contributed by atoms with Gasteiger partial charge in [-0.05, 0) is 51.2 Å². The van der Waals surface area contributed by atoms with Crippen LogP contribution in [0.25, 0.3) is 5.65 Å². The van der Waals surface area contributed by atoms with Crippen LogP contribution in [0.4, 0.5) is 8.78 Å². The number of halogens is 2. The summed E-state index contributed by atoms with van der Waals surface area (Å²) in [5.41, 5.74) is 0.929. The maximum Gasteiger partial charge on any atom is 0.280 e. The summed E-state index contributed by atoms with van der Waals surface area (Å²) in [5.74, 6) is -0.258. The van der Waals surface area contributed by atoms with Crippen molar-refractivity contribution in [3.63, 3.8) is 0 Å². The maximum absolute atomic E-state index is 13.1. The molecule has 2 aromatic heterocycles. The van der Waals surface area contributed by atoms with Gasteiger partial charge in [-0.15, -0.1) is 0 Å². The van der Waals surface area contributed by atoms with Crippen molar-refractivity contribution in [2.24, 2.45) is 0 Å². The number of aromatic nitrogens is 2. The number of nitrogens with zero attached hydrogens (tertiary/aromatic N) is 2. The lowest BCUT2D eigenvalue weighted by molar-refractivity contribution is 0.0209. The van der Waals surface area contributed by atoms with E-state index in [9.17, 15) is 13.6 Å². The lowest BCUT2D eigenvalue weighted by Gasteiger charge is -2.29. The number of aryl methyl sites for hydroxylation is 1. The molecule has 0 unspecified atom stereocenters. The molecule has 2 heterocycles. The number of nitrogens with one attached hydrogen (secondary N) is 1. The molecule has 0 spiro atoms. The number of alkyl halides is 2. The molecule has 7 heteroatoms. The van der Waals surface area contributed by atoms with E-state index in [-0.39, 0.29) is 29.4 Å². The molecule has 0 radical (unpaired) electrons. The van der Waals surface area contributed by atoms with Crippen LogP contribution in [-0.4, -0.2) is 34.0 Å². The van der Waals surface area contributed by atoms with Gasteiger partial charge in [-0.2, -0.15) is 0 Å². The average molecular weight is 379 g/mol. The molecule has 1 fully saturated rings. The van der Waals surface area contributed by atoms with Gasteiger partial charge in [0.15, 0.2) is 0 Å². The zero-order valence-electron chi connectivity index (χ0n) is 15.9. The van der Waals surface area contributed by atoms with Gasteiger partial charge in [0.05, 0.1) is 11.7 Å². The van der Waals surface area contributed by atoms with Gasteiger partial charge in [0.1, 0.15) is 11.3 Å². The summed E-state index contributed by atoms with van der Waals surface area (Å²) >= 11 is 0. The van der Waals surface area contributed by atoms with E-state index in [0.29, 0.717) is 11.3 Å². The van der Waals surface area contributed by atoms with Crippen molar-refractivity contribution in [3.05, 3.63) is 35.3 Å². The average Bonchev–Trinajstić information content (AvgIpc) is 3.08. The van der Waals surface area contributed by atoms with Crippen LogP contribution in [0.5, 0.6) is 0 Å². The van der Waals surface area contributed by atoms with Crippen LogP contribution in [0.2, 0.25) is 0 Å². The predicted octanol–water partition coefficient (Wildman–Crippen LogP) is 4.44. The van der Waals surface area contributed by atoms with Crippen molar-refractivity contribution in [2.75, 3.05) is 6.61 Å². The number of rotatable bonds is 7. The first-order chi connectivity index (χ1) is 13.0. The summed E-state index contributed by atoms with van der Waals surface area (Å²) in [6.45, 7) is 4.66. The minimum Gasteiger partial charge on any atom is -0.378 e. The van der Waals surface area contributed by atoms with Crippen molar-refractivity contribution >= 4 is 11.6 Å². The lowest BCUT2D eigenvalue weighted by Crippen LogP contribution is -2.39. The van der Waals surface area contributed by atoms with Crippen LogP contribution >= 0.6 is 0 Å². The number of ether oxygens (including phenoxy) is 1. The van der Waals surface area contributed by atoms with Crippen molar-refractivity contribution in [2.45, 2.75) is 70.9 Å². The molecule has 1 saturated carbocycles. The van der Waals surface area contributed by atoms with Crippen molar-refractivity contribution in [1.82, 2.24) is 14.7 Å². The Morgan fingerprint density at radius 3 is 2.78 bits per heavy atom. The maximum atomic E-state index is 13.1. The fraction of sp³-hybridized carbons (Fsp3) is 0.600. The number of carbonyl (C=O) groups is 1. The first-order valence-corrected chi connectivity index (χ1v) is 9.68. The third kappa shape index (κ3) is 4.64. The summed E-state index contributed by atoms with van der Waals surface area (Å²) in [7, 11) is 0. The van der Waals surface area contributed by atoms with Crippen molar-refractivity contribution < 1.29 is 18.3 Å². The summed E-state index contributed by atoms with van der Waals surface area (Å²) in [5, 5.41) is 3.03. The molecule has 1 N–H and O–H groups in total. The number of unbranched alkanes of at least 4 members (excludes halogenated alkanes) is 1. The minimum atomic E-state index is -2.66. The quantitative estimate of drug-likeness (QED) is 0.724. The highest BCUT2D eigenvalue weighted by Gasteiger charge is 2.25. The lowest BCUT2D eigenvalue weighted by atomic mass is 9.92. The Kier molecular flexibility index (Phi) is 6.42. The smallest absolute Gasteiger partial charge is 0.280 e. The third-order valence-electron chi connectivity index (χ3n) is 5.16. The highest BCUT2D eigenvalue weighted by atomic mass is 19.3. The molecular weight excluding hydrogens is 352 g/mol. The van der Waals surface area contributed by atoms with E-state index < -0.39 is 6.43 Å².